The molecule has 0 aromatic carbocycles. The van der Waals surface area contributed by atoms with Crippen molar-refractivity contribution in [2.24, 2.45) is 0 Å². The molecule has 17 heavy (non-hydrogen) atoms. The molecule has 0 amide bonds. The average molecular weight is 242 g/mol. The maximum absolute atomic E-state index is 11.1. The van der Waals surface area contributed by atoms with Crippen LogP contribution in [0.25, 0.3) is 0 Å². The highest BCUT2D eigenvalue weighted by Crippen LogP contribution is 2.07. The standard InChI is InChI=1S/C12H18O5/c13-10(8-9-12(16)17)6-4-2-1-3-5-7-11(14)15/h8-9H,1-7H2,(H,14,15)(H,16,17)/b9-8+. The van der Waals surface area contributed by atoms with Crippen LogP contribution in [0.15, 0.2) is 12.2 Å². The minimum atomic E-state index is -1.12. The van der Waals surface area contributed by atoms with Crippen LogP contribution in [0, 0.1) is 0 Å². The zero-order chi connectivity index (χ0) is 13.1. The molecule has 0 bridgehead atoms. The highest BCUT2D eigenvalue weighted by Gasteiger charge is 1.99. The third kappa shape index (κ3) is 12.3. The van der Waals surface area contributed by atoms with E-state index >= 15 is 0 Å². The van der Waals surface area contributed by atoms with Crippen molar-refractivity contribution in [1.29, 1.82) is 0 Å². The van der Waals surface area contributed by atoms with Gasteiger partial charge in [0.05, 0.1) is 0 Å². The van der Waals surface area contributed by atoms with Gasteiger partial charge in [-0.3, -0.25) is 9.59 Å². The van der Waals surface area contributed by atoms with Crippen LogP contribution in [-0.2, 0) is 14.4 Å². The molecular weight excluding hydrogens is 224 g/mol. The van der Waals surface area contributed by atoms with Gasteiger partial charge in [-0.1, -0.05) is 19.3 Å². The predicted molar refractivity (Wildman–Crippen MR) is 61.7 cm³/mol. The fourth-order valence-corrected chi connectivity index (χ4v) is 1.35. The highest BCUT2D eigenvalue weighted by molar-refractivity contribution is 5.95. The van der Waals surface area contributed by atoms with Crippen LogP contribution < -0.4 is 0 Å². The number of carboxylic acid groups (broad SMARTS) is 2. The number of hydrogen-bond donors (Lipinski definition) is 2. The average Bonchev–Trinajstić information content (AvgIpc) is 2.24. The second-order valence-electron chi connectivity index (χ2n) is 3.80. The number of carboxylic acids is 2. The van der Waals surface area contributed by atoms with Crippen LogP contribution >= 0.6 is 0 Å². The molecule has 96 valence electrons. The van der Waals surface area contributed by atoms with E-state index in [2.05, 4.69) is 0 Å². The molecule has 0 radical (unpaired) electrons. The Bertz CT molecular complexity index is 293. The molecule has 0 aliphatic carbocycles. The Hall–Kier alpha value is -1.65. The third-order valence-electron chi connectivity index (χ3n) is 2.23. The van der Waals surface area contributed by atoms with Crippen molar-refractivity contribution >= 4 is 17.7 Å². The first-order valence-corrected chi connectivity index (χ1v) is 5.68. The molecule has 0 saturated carbocycles. The Morgan fingerprint density at radius 3 is 1.82 bits per heavy atom. The van der Waals surface area contributed by atoms with E-state index in [0.29, 0.717) is 12.8 Å². The lowest BCUT2D eigenvalue weighted by Gasteiger charge is -1.98. The lowest BCUT2D eigenvalue weighted by molar-refractivity contribution is -0.137. The normalized spacial score (nSPS) is 10.6. The van der Waals surface area contributed by atoms with E-state index < -0.39 is 11.9 Å². The lowest BCUT2D eigenvalue weighted by Crippen LogP contribution is -1.96. The molecule has 0 aromatic heterocycles. The molecule has 0 unspecified atom stereocenters. The Labute approximate surface area is 100 Å². The monoisotopic (exact) mass is 242 g/mol. The largest absolute Gasteiger partial charge is 0.481 e. The number of unbranched alkanes of at least 4 members (excludes halogenated alkanes) is 4. The predicted octanol–water partition coefficient (Wildman–Crippen LogP) is 2.01. The highest BCUT2D eigenvalue weighted by atomic mass is 16.4. The second-order valence-corrected chi connectivity index (χ2v) is 3.80. The van der Waals surface area contributed by atoms with Crippen LogP contribution in [0.5, 0.6) is 0 Å². The summed E-state index contributed by atoms with van der Waals surface area (Å²) in [4.78, 5) is 31.4. The number of aliphatic carboxylic acids is 2. The topological polar surface area (TPSA) is 91.7 Å². The summed E-state index contributed by atoms with van der Waals surface area (Å²) in [6, 6.07) is 0. The molecular formula is C12H18O5. The van der Waals surface area contributed by atoms with E-state index in [0.717, 1.165) is 37.8 Å². The molecule has 0 spiro atoms. The van der Waals surface area contributed by atoms with Gasteiger partial charge < -0.3 is 10.2 Å². The van der Waals surface area contributed by atoms with Crippen molar-refractivity contribution in [3.8, 4) is 0 Å². The molecule has 5 nitrogen and oxygen atoms in total. The maximum Gasteiger partial charge on any atom is 0.328 e. The van der Waals surface area contributed by atoms with Crippen LogP contribution in [0.2, 0.25) is 0 Å². The quantitative estimate of drug-likeness (QED) is 0.451. The SMILES string of the molecule is O=C(O)/C=C/C(=O)CCCCCCCC(=O)O. The van der Waals surface area contributed by atoms with Gasteiger partial charge in [0.15, 0.2) is 5.78 Å². The fraction of sp³-hybridized carbons (Fsp3) is 0.583. The number of ketones is 1. The number of carbonyl (C=O) groups is 3. The van der Waals surface area contributed by atoms with E-state index in [4.69, 9.17) is 10.2 Å². The summed E-state index contributed by atoms with van der Waals surface area (Å²) < 4.78 is 0. The molecule has 5 heteroatoms. The summed E-state index contributed by atoms with van der Waals surface area (Å²) in [5, 5.41) is 16.7. The number of rotatable bonds is 10. The summed E-state index contributed by atoms with van der Waals surface area (Å²) in [5.41, 5.74) is 0. The zero-order valence-electron chi connectivity index (χ0n) is 9.72. The molecule has 2 N–H and O–H groups in total. The minimum absolute atomic E-state index is 0.182. The van der Waals surface area contributed by atoms with Gasteiger partial charge in [-0.2, -0.15) is 0 Å². The van der Waals surface area contributed by atoms with Crippen LogP contribution in [0.4, 0.5) is 0 Å². The minimum Gasteiger partial charge on any atom is -0.481 e. The van der Waals surface area contributed by atoms with Crippen molar-refractivity contribution in [3.05, 3.63) is 12.2 Å². The van der Waals surface area contributed by atoms with E-state index in [9.17, 15) is 14.4 Å². The molecule has 0 aliphatic heterocycles. The molecule has 0 atom stereocenters. The van der Waals surface area contributed by atoms with Gasteiger partial charge >= 0.3 is 11.9 Å². The Morgan fingerprint density at radius 2 is 1.29 bits per heavy atom. The summed E-state index contributed by atoms with van der Waals surface area (Å²) in [5.74, 6) is -2.08. The summed E-state index contributed by atoms with van der Waals surface area (Å²) in [7, 11) is 0. The molecule has 0 rings (SSSR count). The van der Waals surface area contributed by atoms with E-state index in [1.54, 1.807) is 0 Å². The first-order chi connectivity index (χ1) is 8.02. The van der Waals surface area contributed by atoms with E-state index in [-0.39, 0.29) is 12.2 Å². The van der Waals surface area contributed by atoms with Gasteiger partial charge in [0.25, 0.3) is 0 Å². The van der Waals surface area contributed by atoms with Gasteiger partial charge in [0.1, 0.15) is 0 Å². The van der Waals surface area contributed by atoms with Crippen molar-refractivity contribution < 1.29 is 24.6 Å². The lowest BCUT2D eigenvalue weighted by atomic mass is 10.1. The fourth-order valence-electron chi connectivity index (χ4n) is 1.35. The molecule has 0 fully saturated rings. The van der Waals surface area contributed by atoms with E-state index in [1.165, 1.54) is 0 Å². The van der Waals surface area contributed by atoms with Gasteiger partial charge in [0.2, 0.25) is 0 Å². The summed E-state index contributed by atoms with van der Waals surface area (Å²) >= 11 is 0. The third-order valence-corrected chi connectivity index (χ3v) is 2.23. The summed E-state index contributed by atoms with van der Waals surface area (Å²) in [6.45, 7) is 0. The zero-order valence-corrected chi connectivity index (χ0v) is 9.72. The summed E-state index contributed by atoms with van der Waals surface area (Å²) in [6.07, 6.45) is 6.48. The van der Waals surface area contributed by atoms with E-state index in [1.807, 2.05) is 0 Å². The smallest absolute Gasteiger partial charge is 0.328 e. The van der Waals surface area contributed by atoms with Gasteiger partial charge in [-0.05, 0) is 18.9 Å². The van der Waals surface area contributed by atoms with Crippen molar-refractivity contribution in [3.63, 3.8) is 0 Å². The van der Waals surface area contributed by atoms with Gasteiger partial charge in [-0.15, -0.1) is 0 Å². The number of allylic oxidation sites excluding steroid dienone is 1. The van der Waals surface area contributed by atoms with Crippen LogP contribution in [0.1, 0.15) is 44.9 Å². The Balaban J connectivity index is 3.36. The van der Waals surface area contributed by atoms with Crippen LogP contribution in [-0.4, -0.2) is 27.9 Å². The maximum atomic E-state index is 11.1. The van der Waals surface area contributed by atoms with Crippen molar-refractivity contribution in [2.75, 3.05) is 0 Å². The molecule has 0 aromatic rings. The van der Waals surface area contributed by atoms with Crippen molar-refractivity contribution in [2.45, 2.75) is 44.9 Å². The van der Waals surface area contributed by atoms with Gasteiger partial charge in [-0.25, -0.2) is 4.79 Å². The Morgan fingerprint density at radius 1 is 0.765 bits per heavy atom. The first-order valence-electron chi connectivity index (χ1n) is 5.68. The molecule has 0 aliphatic rings. The molecule has 0 heterocycles. The van der Waals surface area contributed by atoms with Crippen molar-refractivity contribution in [1.82, 2.24) is 0 Å². The Kier molecular flexibility index (Phi) is 8.64. The number of carbonyl (C=O) groups excluding carboxylic acids is 1. The number of hydrogen-bond acceptors (Lipinski definition) is 3. The van der Waals surface area contributed by atoms with Gasteiger partial charge in [0, 0.05) is 18.9 Å². The first kappa shape index (κ1) is 15.3. The van der Waals surface area contributed by atoms with Crippen LogP contribution in [0.3, 0.4) is 0 Å². The second kappa shape index (κ2) is 9.57. The molecule has 0 saturated heterocycles.